The summed E-state index contributed by atoms with van der Waals surface area (Å²) in [5.74, 6) is 0.935. The number of carbonyl (C=O) groups is 2. The molecule has 1 heterocycles. The Hall–Kier alpha value is -5.60. The number of benzene rings is 5. The Balaban J connectivity index is 1.23. The van der Waals surface area contributed by atoms with Crippen LogP contribution in [-0.4, -0.2) is 45.4 Å². The third-order valence-electron chi connectivity index (χ3n) is 9.67. The van der Waals surface area contributed by atoms with Crippen LogP contribution in [0.4, 0.5) is 0 Å². The molecule has 1 N–H and O–H groups in total. The molecular weight excluding hydrogens is 666 g/mol. The summed E-state index contributed by atoms with van der Waals surface area (Å²) in [4.78, 5) is 27.2. The van der Waals surface area contributed by atoms with E-state index in [2.05, 4.69) is 5.32 Å². The number of rotatable bonds is 15. The first-order valence-electron chi connectivity index (χ1n) is 18.2. The van der Waals surface area contributed by atoms with Gasteiger partial charge in [-0.25, -0.2) is 4.79 Å². The van der Waals surface area contributed by atoms with Crippen molar-refractivity contribution in [3.63, 3.8) is 0 Å². The van der Waals surface area contributed by atoms with Crippen molar-refractivity contribution in [2.75, 3.05) is 27.4 Å². The van der Waals surface area contributed by atoms with E-state index in [9.17, 15) is 9.59 Å². The van der Waals surface area contributed by atoms with Crippen molar-refractivity contribution in [3.8, 4) is 17.2 Å². The monoisotopic (exact) mass is 713 g/mol. The second-order valence-electron chi connectivity index (χ2n) is 13.3. The molecule has 2 unspecified atom stereocenters. The Kier molecular flexibility index (Phi) is 12.4. The fourth-order valence-corrected chi connectivity index (χ4v) is 6.86. The van der Waals surface area contributed by atoms with Gasteiger partial charge in [-0.2, -0.15) is 0 Å². The van der Waals surface area contributed by atoms with Crippen LogP contribution in [0.3, 0.4) is 0 Å². The summed E-state index contributed by atoms with van der Waals surface area (Å²) in [6.45, 7) is 2.48. The van der Waals surface area contributed by atoms with E-state index in [4.69, 9.17) is 23.7 Å². The van der Waals surface area contributed by atoms with E-state index >= 15 is 0 Å². The maximum absolute atomic E-state index is 13.9. The molecule has 0 spiro atoms. The summed E-state index contributed by atoms with van der Waals surface area (Å²) in [6.07, 6.45) is 3.34. The third-order valence-corrected chi connectivity index (χ3v) is 9.67. The Morgan fingerprint density at radius 1 is 0.755 bits per heavy atom. The predicted octanol–water partition coefficient (Wildman–Crippen LogP) is 8.29. The number of esters is 2. The van der Waals surface area contributed by atoms with E-state index in [0.29, 0.717) is 30.1 Å². The molecule has 1 saturated heterocycles. The Bertz CT molecular complexity index is 1900. The van der Waals surface area contributed by atoms with Crippen molar-refractivity contribution in [1.29, 1.82) is 0 Å². The molecule has 0 amide bonds. The highest BCUT2D eigenvalue weighted by atomic mass is 16.6. The Morgan fingerprint density at radius 2 is 1.43 bits per heavy atom. The number of hydrogen-bond acceptors (Lipinski definition) is 8. The van der Waals surface area contributed by atoms with Crippen LogP contribution in [0.2, 0.25) is 0 Å². The quantitative estimate of drug-likeness (QED) is 0.0857. The van der Waals surface area contributed by atoms with Crippen LogP contribution in [0.5, 0.6) is 17.2 Å². The molecule has 8 heteroatoms. The minimum absolute atomic E-state index is 0.272. The lowest BCUT2D eigenvalue weighted by Gasteiger charge is -2.35. The minimum atomic E-state index is -1.21. The Labute approximate surface area is 312 Å². The first kappa shape index (κ1) is 37.2. The summed E-state index contributed by atoms with van der Waals surface area (Å²) >= 11 is 0. The minimum Gasteiger partial charge on any atom is -0.493 e. The normalized spacial score (nSPS) is 14.8. The largest absolute Gasteiger partial charge is 0.493 e. The van der Waals surface area contributed by atoms with Crippen LogP contribution < -0.4 is 19.5 Å². The van der Waals surface area contributed by atoms with Crippen molar-refractivity contribution in [3.05, 3.63) is 161 Å². The highest BCUT2D eigenvalue weighted by Gasteiger charge is 2.40. The maximum atomic E-state index is 13.9. The summed E-state index contributed by atoms with van der Waals surface area (Å²) in [5, 5.41) is 3.30. The highest BCUT2D eigenvalue weighted by Crippen LogP contribution is 2.41. The second kappa shape index (κ2) is 17.8. The van der Waals surface area contributed by atoms with Gasteiger partial charge in [-0.1, -0.05) is 115 Å². The average molecular weight is 714 g/mol. The molecule has 274 valence electrons. The van der Waals surface area contributed by atoms with E-state index in [1.54, 1.807) is 20.3 Å². The van der Waals surface area contributed by atoms with Gasteiger partial charge in [0.05, 0.1) is 14.2 Å². The number of methoxy groups -OCH3 is 2. The van der Waals surface area contributed by atoms with E-state index in [1.165, 1.54) is 0 Å². The van der Waals surface area contributed by atoms with Gasteiger partial charge >= 0.3 is 11.9 Å². The van der Waals surface area contributed by atoms with Crippen molar-refractivity contribution < 1.29 is 33.3 Å². The standard InChI is InChI=1S/C45H47NO7/c1-32-20-24-37(25-21-32)45(35-14-6-4-7-15-35,36-16-8-5-9-17-36)53-43(47)31-51-38-18-12-13-34(30-38)40(52-44(48)39-19-10-11-28-46-39)26-22-33-23-27-41(49-2)42(29-33)50-3/h4-9,12-18,20-21,23-25,27,29-30,39-40,46H,10-11,19,22,26,28,31H2,1-3H3. The van der Waals surface area contributed by atoms with E-state index in [1.807, 2.05) is 128 Å². The van der Waals surface area contributed by atoms with Crippen molar-refractivity contribution >= 4 is 11.9 Å². The number of carbonyl (C=O) groups excluding carboxylic acids is 2. The van der Waals surface area contributed by atoms with Gasteiger partial charge in [-0.3, -0.25) is 4.79 Å². The lowest BCUT2D eigenvalue weighted by molar-refractivity contribution is -0.156. The predicted molar refractivity (Wildman–Crippen MR) is 204 cm³/mol. The van der Waals surface area contributed by atoms with Crippen LogP contribution in [-0.2, 0) is 31.1 Å². The van der Waals surface area contributed by atoms with E-state index < -0.39 is 17.7 Å². The smallest absolute Gasteiger partial charge is 0.345 e. The fraction of sp³-hybridized carbons (Fsp3) is 0.289. The SMILES string of the molecule is COc1ccc(CCC(OC(=O)C2CCCCN2)c2cccc(OCC(=O)OC(c3ccccc3)(c3ccccc3)c3ccc(C)cc3)c2)cc1OC. The van der Waals surface area contributed by atoms with E-state index in [-0.39, 0.29) is 18.6 Å². The summed E-state index contributed by atoms with van der Waals surface area (Å²) in [6, 6.07) is 40.4. The molecule has 1 aliphatic heterocycles. The molecule has 0 aromatic heterocycles. The lowest BCUT2D eigenvalue weighted by atomic mass is 9.80. The topological polar surface area (TPSA) is 92.3 Å². The van der Waals surface area contributed by atoms with Gasteiger partial charge in [0, 0.05) is 16.7 Å². The summed E-state index contributed by atoms with van der Waals surface area (Å²) < 4.78 is 29.7. The first-order chi connectivity index (χ1) is 25.9. The third kappa shape index (κ3) is 9.07. The number of aryl methyl sites for hydroxylation is 2. The molecule has 8 nitrogen and oxygen atoms in total. The summed E-state index contributed by atoms with van der Waals surface area (Å²) in [5.41, 5.74) is 4.12. The van der Waals surface area contributed by atoms with Crippen molar-refractivity contribution in [2.45, 2.75) is 56.8 Å². The average Bonchev–Trinajstić information content (AvgIpc) is 3.22. The second-order valence-corrected chi connectivity index (χ2v) is 13.3. The molecule has 0 aliphatic carbocycles. The summed E-state index contributed by atoms with van der Waals surface area (Å²) in [7, 11) is 3.21. The van der Waals surface area contributed by atoms with Crippen molar-refractivity contribution in [2.24, 2.45) is 0 Å². The number of nitrogens with one attached hydrogen (secondary N) is 1. The number of ether oxygens (including phenoxy) is 5. The van der Waals surface area contributed by atoms with Gasteiger partial charge in [0.2, 0.25) is 0 Å². The zero-order valence-corrected chi connectivity index (χ0v) is 30.6. The van der Waals surface area contributed by atoms with Gasteiger partial charge < -0.3 is 29.0 Å². The molecule has 1 fully saturated rings. The van der Waals surface area contributed by atoms with Crippen LogP contribution >= 0.6 is 0 Å². The Morgan fingerprint density at radius 3 is 2.08 bits per heavy atom. The van der Waals surface area contributed by atoms with Gasteiger partial charge in [-0.05, 0) is 74.5 Å². The van der Waals surface area contributed by atoms with Crippen LogP contribution in [0.15, 0.2) is 127 Å². The molecule has 6 rings (SSSR count). The van der Waals surface area contributed by atoms with Crippen molar-refractivity contribution in [1.82, 2.24) is 5.32 Å². The van der Waals surface area contributed by atoms with E-state index in [0.717, 1.165) is 59.2 Å². The molecule has 0 radical (unpaired) electrons. The van der Waals surface area contributed by atoms with Gasteiger partial charge in [-0.15, -0.1) is 0 Å². The zero-order chi connectivity index (χ0) is 37.0. The number of piperidine rings is 1. The van der Waals surface area contributed by atoms with Gasteiger partial charge in [0.15, 0.2) is 23.7 Å². The molecule has 1 aliphatic rings. The molecular formula is C45H47NO7. The first-order valence-corrected chi connectivity index (χ1v) is 18.2. The molecule has 0 bridgehead atoms. The van der Waals surface area contributed by atoms with Crippen LogP contribution in [0.1, 0.15) is 65.2 Å². The number of hydrogen-bond donors (Lipinski definition) is 1. The fourth-order valence-electron chi connectivity index (χ4n) is 6.86. The molecule has 2 atom stereocenters. The zero-order valence-electron chi connectivity index (χ0n) is 30.6. The molecule has 0 saturated carbocycles. The molecule has 5 aromatic carbocycles. The highest BCUT2D eigenvalue weighted by molar-refractivity contribution is 5.76. The lowest BCUT2D eigenvalue weighted by Crippen LogP contribution is -2.41. The molecule has 5 aromatic rings. The maximum Gasteiger partial charge on any atom is 0.345 e. The van der Waals surface area contributed by atoms with Crippen LogP contribution in [0.25, 0.3) is 0 Å². The van der Waals surface area contributed by atoms with Crippen LogP contribution in [0, 0.1) is 6.92 Å². The molecule has 53 heavy (non-hydrogen) atoms. The van der Waals surface area contributed by atoms with Gasteiger partial charge in [0.1, 0.15) is 17.9 Å². The van der Waals surface area contributed by atoms with Gasteiger partial charge in [0.25, 0.3) is 0 Å².